The molecule has 1 saturated heterocycles. The molecular weight excluding hydrogens is 352 g/mol. The lowest BCUT2D eigenvalue weighted by Crippen LogP contribution is -2.36. The predicted octanol–water partition coefficient (Wildman–Crippen LogP) is 2.23. The zero-order valence-electron chi connectivity index (χ0n) is 14.8. The minimum atomic E-state index is -0.924. The minimum absolute atomic E-state index is 0.0483. The Kier molecular flexibility index (Phi) is 5.82. The number of morpholine rings is 1. The molecule has 0 bridgehead atoms. The molecule has 0 saturated carbocycles. The van der Waals surface area contributed by atoms with Crippen LogP contribution in [0, 0.1) is 10.1 Å². The molecule has 0 unspecified atom stereocenters. The molecule has 1 aromatic heterocycles. The van der Waals surface area contributed by atoms with Crippen molar-refractivity contribution in [3.63, 3.8) is 0 Å². The first-order valence-corrected chi connectivity index (χ1v) is 8.54. The highest BCUT2D eigenvalue weighted by Crippen LogP contribution is 2.24. The van der Waals surface area contributed by atoms with E-state index in [1.165, 1.54) is 25.3 Å². The van der Waals surface area contributed by atoms with Crippen molar-refractivity contribution in [3.8, 4) is 5.75 Å². The van der Waals surface area contributed by atoms with E-state index in [1.54, 1.807) is 0 Å². The average Bonchev–Trinajstić information content (AvgIpc) is 2.69. The number of anilines is 2. The summed E-state index contributed by atoms with van der Waals surface area (Å²) in [7, 11) is 0. The zero-order valence-corrected chi connectivity index (χ0v) is 14.8. The number of carbonyl (C=O) groups is 1. The number of nitro groups is 1. The first kappa shape index (κ1) is 18.6. The number of benzene rings is 1. The van der Waals surface area contributed by atoms with Crippen LogP contribution in [0.25, 0.3) is 0 Å². The number of nitrogens with zero attached hydrogens (tertiary/aromatic N) is 3. The van der Waals surface area contributed by atoms with Crippen molar-refractivity contribution >= 4 is 23.1 Å². The summed E-state index contributed by atoms with van der Waals surface area (Å²) < 4.78 is 10.8. The molecule has 9 nitrogen and oxygen atoms in total. The van der Waals surface area contributed by atoms with Crippen molar-refractivity contribution in [3.05, 3.63) is 52.7 Å². The molecule has 0 radical (unpaired) electrons. The van der Waals surface area contributed by atoms with Crippen LogP contribution in [0.2, 0.25) is 0 Å². The van der Waals surface area contributed by atoms with Crippen LogP contribution in [0.1, 0.15) is 6.92 Å². The number of hydrogen-bond acceptors (Lipinski definition) is 7. The van der Waals surface area contributed by atoms with E-state index in [4.69, 9.17) is 9.47 Å². The smallest absolute Gasteiger partial charge is 0.406 e. The fourth-order valence-corrected chi connectivity index (χ4v) is 2.68. The van der Waals surface area contributed by atoms with Gasteiger partial charge in [-0.1, -0.05) is 0 Å². The van der Waals surface area contributed by atoms with Gasteiger partial charge in [-0.25, -0.2) is 0 Å². The number of amides is 1. The van der Waals surface area contributed by atoms with Gasteiger partial charge in [0.05, 0.1) is 13.2 Å². The number of hydrogen-bond donors (Lipinski definition) is 1. The molecule has 2 aromatic rings. The molecular formula is C18H20N4O5. The molecule has 0 aliphatic carbocycles. The third-order valence-corrected chi connectivity index (χ3v) is 4.11. The Morgan fingerprint density at radius 3 is 2.67 bits per heavy atom. The normalized spacial score (nSPS) is 15.1. The van der Waals surface area contributed by atoms with Crippen LogP contribution < -0.4 is 15.0 Å². The van der Waals surface area contributed by atoms with Gasteiger partial charge in [-0.05, 0) is 53.2 Å². The largest absolute Gasteiger partial charge is 0.473 e. The highest BCUT2D eigenvalue weighted by atomic mass is 16.6. The van der Waals surface area contributed by atoms with Crippen molar-refractivity contribution < 1.29 is 19.2 Å². The van der Waals surface area contributed by atoms with Gasteiger partial charge in [0.25, 0.3) is 5.91 Å². The number of rotatable bonds is 6. The molecule has 1 atom stereocenters. The van der Waals surface area contributed by atoms with Crippen LogP contribution in [-0.4, -0.2) is 48.2 Å². The molecule has 1 amide bonds. The number of aromatic nitrogens is 1. The third-order valence-electron chi connectivity index (χ3n) is 4.11. The van der Waals surface area contributed by atoms with E-state index < -0.39 is 22.8 Å². The van der Waals surface area contributed by atoms with E-state index in [2.05, 4.69) is 15.2 Å². The summed E-state index contributed by atoms with van der Waals surface area (Å²) in [5, 5.41) is 13.7. The quantitative estimate of drug-likeness (QED) is 0.612. The van der Waals surface area contributed by atoms with Gasteiger partial charge in [-0.2, -0.15) is 0 Å². The van der Waals surface area contributed by atoms with Gasteiger partial charge in [0, 0.05) is 24.5 Å². The summed E-state index contributed by atoms with van der Waals surface area (Å²) >= 11 is 0. The van der Waals surface area contributed by atoms with Crippen LogP contribution in [0.5, 0.6) is 5.75 Å². The Balaban J connectivity index is 1.60. The zero-order chi connectivity index (χ0) is 19.2. The summed E-state index contributed by atoms with van der Waals surface area (Å²) in [6, 6.07) is 10.4. The van der Waals surface area contributed by atoms with Crippen LogP contribution in [-0.2, 0) is 9.53 Å². The van der Waals surface area contributed by atoms with Gasteiger partial charge >= 0.3 is 5.82 Å². The average molecular weight is 372 g/mol. The van der Waals surface area contributed by atoms with Crippen molar-refractivity contribution in [2.45, 2.75) is 13.0 Å². The van der Waals surface area contributed by atoms with Gasteiger partial charge < -0.3 is 29.8 Å². The summed E-state index contributed by atoms with van der Waals surface area (Å²) in [4.78, 5) is 28.5. The predicted molar refractivity (Wildman–Crippen MR) is 99.1 cm³/mol. The molecule has 0 spiro atoms. The lowest BCUT2D eigenvalue weighted by molar-refractivity contribution is -0.390. The highest BCUT2D eigenvalue weighted by Gasteiger charge is 2.22. The lowest BCUT2D eigenvalue weighted by atomic mass is 10.2. The number of ether oxygens (including phenoxy) is 2. The first-order chi connectivity index (χ1) is 13.0. The number of pyridine rings is 1. The fourth-order valence-electron chi connectivity index (χ4n) is 2.68. The Morgan fingerprint density at radius 1 is 1.30 bits per heavy atom. The standard InChI is InChI=1S/C18H20N4O5/c1-13(27-16-3-2-8-19-17(16)22(24)25)18(23)20-14-4-6-15(7-5-14)21-9-11-26-12-10-21/h2-8,13H,9-12H2,1H3,(H,20,23)/t13-/m0/s1. The van der Waals surface area contributed by atoms with Gasteiger partial charge in [-0.3, -0.25) is 4.79 Å². The highest BCUT2D eigenvalue weighted by molar-refractivity contribution is 5.94. The second-order valence-corrected chi connectivity index (χ2v) is 5.98. The molecule has 142 valence electrons. The van der Waals surface area contributed by atoms with Crippen LogP contribution >= 0.6 is 0 Å². The minimum Gasteiger partial charge on any atom is -0.473 e. The molecule has 1 N–H and O–H groups in total. The third kappa shape index (κ3) is 4.70. The van der Waals surface area contributed by atoms with Gasteiger partial charge in [0.15, 0.2) is 6.10 Å². The topological polar surface area (TPSA) is 107 Å². The molecule has 1 aliphatic rings. The summed E-state index contributed by atoms with van der Waals surface area (Å²) in [6.45, 7) is 4.59. The van der Waals surface area contributed by atoms with Crippen molar-refractivity contribution in [2.75, 3.05) is 36.5 Å². The van der Waals surface area contributed by atoms with E-state index in [0.717, 1.165) is 18.8 Å². The number of nitrogens with one attached hydrogen (secondary N) is 1. The summed E-state index contributed by atoms with van der Waals surface area (Å²) in [5.74, 6) is -0.882. The van der Waals surface area contributed by atoms with Crippen LogP contribution in [0.3, 0.4) is 0 Å². The maximum Gasteiger partial charge on any atom is 0.406 e. The number of carbonyl (C=O) groups excluding carboxylic acids is 1. The molecule has 9 heteroatoms. The lowest BCUT2D eigenvalue weighted by Gasteiger charge is -2.28. The van der Waals surface area contributed by atoms with Gasteiger partial charge in [-0.15, -0.1) is 0 Å². The SMILES string of the molecule is C[C@H](Oc1cccnc1[N+](=O)[O-])C(=O)Nc1ccc(N2CCOCC2)cc1. The Hall–Kier alpha value is -3.20. The van der Waals surface area contributed by atoms with Crippen LogP contribution in [0.4, 0.5) is 17.2 Å². The van der Waals surface area contributed by atoms with Crippen molar-refractivity contribution in [1.82, 2.24) is 4.98 Å². The second kappa shape index (κ2) is 8.45. The first-order valence-electron chi connectivity index (χ1n) is 8.54. The monoisotopic (exact) mass is 372 g/mol. The molecule has 1 aromatic carbocycles. The van der Waals surface area contributed by atoms with Crippen LogP contribution in [0.15, 0.2) is 42.6 Å². The molecule has 1 aliphatic heterocycles. The molecule has 27 heavy (non-hydrogen) atoms. The summed E-state index contributed by atoms with van der Waals surface area (Å²) in [5.41, 5.74) is 1.68. The summed E-state index contributed by atoms with van der Waals surface area (Å²) in [6.07, 6.45) is 0.373. The van der Waals surface area contributed by atoms with Gasteiger partial charge in [0.1, 0.15) is 6.20 Å². The van der Waals surface area contributed by atoms with Crippen molar-refractivity contribution in [1.29, 1.82) is 0 Å². The second-order valence-electron chi connectivity index (χ2n) is 5.98. The van der Waals surface area contributed by atoms with E-state index in [1.807, 2.05) is 24.3 Å². The van der Waals surface area contributed by atoms with E-state index >= 15 is 0 Å². The molecule has 3 rings (SSSR count). The maximum atomic E-state index is 12.3. The molecule has 2 heterocycles. The Labute approximate surface area is 156 Å². The molecule has 1 fully saturated rings. The van der Waals surface area contributed by atoms with Gasteiger partial charge in [0.2, 0.25) is 5.75 Å². The Morgan fingerprint density at radius 2 is 2.00 bits per heavy atom. The maximum absolute atomic E-state index is 12.3. The Bertz CT molecular complexity index is 806. The van der Waals surface area contributed by atoms with Crippen molar-refractivity contribution in [2.24, 2.45) is 0 Å². The van der Waals surface area contributed by atoms with E-state index in [0.29, 0.717) is 18.9 Å². The van der Waals surface area contributed by atoms with E-state index in [9.17, 15) is 14.9 Å². The van der Waals surface area contributed by atoms with E-state index in [-0.39, 0.29) is 5.75 Å². The fraction of sp³-hybridized carbons (Fsp3) is 0.333.